The first-order chi connectivity index (χ1) is 12.1. The molecular weight excluding hydrogens is 310 g/mol. The van der Waals surface area contributed by atoms with E-state index in [9.17, 15) is 0 Å². The first-order valence-electron chi connectivity index (χ1n) is 8.92. The molecule has 0 aromatic heterocycles. The van der Waals surface area contributed by atoms with Crippen LogP contribution in [0.2, 0.25) is 0 Å². The summed E-state index contributed by atoms with van der Waals surface area (Å²) in [6.07, 6.45) is 2.34. The summed E-state index contributed by atoms with van der Waals surface area (Å²) in [5.41, 5.74) is 3.72. The molecule has 2 atom stereocenters. The second-order valence-corrected chi connectivity index (χ2v) is 6.89. The number of benzene rings is 2. The molecule has 1 heterocycles. The molecular formula is C22H27NO2. The van der Waals surface area contributed by atoms with Crippen molar-refractivity contribution in [2.24, 2.45) is 5.92 Å². The lowest BCUT2D eigenvalue weighted by atomic mass is 9.95. The third-order valence-electron chi connectivity index (χ3n) is 4.72. The molecule has 3 nitrogen and oxygen atoms in total. The zero-order valence-corrected chi connectivity index (χ0v) is 15.5. The Bertz CT molecular complexity index is 737. The van der Waals surface area contributed by atoms with Crippen molar-refractivity contribution in [3.05, 3.63) is 65.7 Å². The van der Waals surface area contributed by atoms with Gasteiger partial charge in [-0.3, -0.25) is 0 Å². The highest BCUT2D eigenvalue weighted by Crippen LogP contribution is 2.36. The van der Waals surface area contributed by atoms with Crippen molar-refractivity contribution in [2.45, 2.75) is 32.9 Å². The molecule has 1 N–H and O–H groups in total. The van der Waals surface area contributed by atoms with Gasteiger partial charge < -0.3 is 14.8 Å². The first kappa shape index (κ1) is 17.6. The lowest BCUT2D eigenvalue weighted by Crippen LogP contribution is -2.28. The Morgan fingerprint density at radius 1 is 1.08 bits per heavy atom. The van der Waals surface area contributed by atoms with Gasteiger partial charge in [-0.2, -0.15) is 0 Å². The number of nitrogens with one attached hydrogen (secondary N) is 1. The zero-order chi connectivity index (χ0) is 17.8. The number of hydrogen-bond acceptors (Lipinski definition) is 3. The summed E-state index contributed by atoms with van der Waals surface area (Å²) in [4.78, 5) is 0. The maximum Gasteiger partial charge on any atom is 0.131 e. The Balaban J connectivity index is 1.81. The van der Waals surface area contributed by atoms with E-state index in [1.165, 1.54) is 11.1 Å². The van der Waals surface area contributed by atoms with Crippen molar-refractivity contribution in [3.8, 4) is 11.5 Å². The fourth-order valence-corrected chi connectivity index (χ4v) is 3.07. The van der Waals surface area contributed by atoms with Gasteiger partial charge in [0.2, 0.25) is 0 Å². The van der Waals surface area contributed by atoms with Crippen molar-refractivity contribution in [3.63, 3.8) is 0 Å². The predicted molar refractivity (Wildman–Crippen MR) is 103 cm³/mol. The van der Waals surface area contributed by atoms with Gasteiger partial charge in [0.1, 0.15) is 17.6 Å². The molecule has 0 saturated heterocycles. The maximum atomic E-state index is 6.17. The molecule has 1 aliphatic heterocycles. The van der Waals surface area contributed by atoms with Gasteiger partial charge >= 0.3 is 0 Å². The fourth-order valence-electron chi connectivity index (χ4n) is 3.07. The van der Waals surface area contributed by atoms with E-state index in [-0.39, 0.29) is 6.10 Å². The van der Waals surface area contributed by atoms with E-state index in [0.29, 0.717) is 12.0 Å². The summed E-state index contributed by atoms with van der Waals surface area (Å²) >= 11 is 0. The van der Waals surface area contributed by atoms with Gasteiger partial charge in [0.25, 0.3) is 0 Å². The number of hydrogen-bond donors (Lipinski definition) is 1. The number of methoxy groups -OCH3 is 1. The molecule has 3 heteroatoms. The molecule has 25 heavy (non-hydrogen) atoms. The third kappa shape index (κ3) is 4.05. The number of fused-ring (bicyclic) bond motifs is 1. The summed E-state index contributed by atoms with van der Waals surface area (Å²) in [6, 6.07) is 16.9. The second kappa shape index (κ2) is 7.75. The fraction of sp³-hybridized carbons (Fsp3) is 0.364. The van der Waals surface area contributed by atoms with Crippen molar-refractivity contribution in [2.75, 3.05) is 13.7 Å². The second-order valence-electron chi connectivity index (χ2n) is 6.89. The number of ether oxygens (including phenoxy) is 2. The Kier molecular flexibility index (Phi) is 5.44. The Morgan fingerprint density at radius 2 is 1.84 bits per heavy atom. The van der Waals surface area contributed by atoms with Gasteiger partial charge in [0, 0.05) is 24.2 Å². The summed E-state index contributed by atoms with van der Waals surface area (Å²) in [5.74, 6) is 2.15. The van der Waals surface area contributed by atoms with Crippen LogP contribution in [0, 0.1) is 5.92 Å². The average Bonchev–Trinajstić information content (AvgIpc) is 2.65. The van der Waals surface area contributed by atoms with Gasteiger partial charge in [-0.15, -0.1) is 0 Å². The highest BCUT2D eigenvalue weighted by atomic mass is 16.5. The average molecular weight is 337 g/mol. The van der Waals surface area contributed by atoms with Crippen molar-refractivity contribution >= 4 is 5.57 Å². The van der Waals surface area contributed by atoms with Crippen LogP contribution in [-0.2, 0) is 0 Å². The lowest BCUT2D eigenvalue weighted by molar-refractivity contribution is 0.192. The van der Waals surface area contributed by atoms with Crippen molar-refractivity contribution in [1.82, 2.24) is 5.32 Å². The van der Waals surface area contributed by atoms with Crippen LogP contribution in [0.4, 0.5) is 0 Å². The van der Waals surface area contributed by atoms with Crippen LogP contribution >= 0.6 is 0 Å². The highest BCUT2D eigenvalue weighted by molar-refractivity contribution is 5.74. The maximum absolute atomic E-state index is 6.17. The quantitative estimate of drug-likeness (QED) is 0.817. The smallest absolute Gasteiger partial charge is 0.131 e. The van der Waals surface area contributed by atoms with Crippen LogP contribution in [-0.4, -0.2) is 19.8 Å². The summed E-state index contributed by atoms with van der Waals surface area (Å²) < 4.78 is 11.5. The normalized spacial score (nSPS) is 17.5. The molecule has 0 bridgehead atoms. The van der Waals surface area contributed by atoms with Crippen LogP contribution in [0.3, 0.4) is 0 Å². The standard InChI is InChI=1S/C22H27NO2/c1-15(2)21-12-18(14-23-16(3)17-8-6-5-7-9-17)20-11-10-19(24-4)13-22(20)25-21/h5-13,15-16,21,23H,14H2,1-4H3. The number of rotatable bonds is 6. The lowest BCUT2D eigenvalue weighted by Gasteiger charge is -2.29. The van der Waals surface area contributed by atoms with E-state index in [1.807, 2.05) is 18.2 Å². The highest BCUT2D eigenvalue weighted by Gasteiger charge is 2.23. The topological polar surface area (TPSA) is 30.5 Å². The molecule has 3 rings (SSSR count). The van der Waals surface area contributed by atoms with Gasteiger partial charge in [-0.05, 0) is 42.2 Å². The van der Waals surface area contributed by atoms with Crippen LogP contribution in [0.1, 0.15) is 37.9 Å². The van der Waals surface area contributed by atoms with Gasteiger partial charge in [-0.1, -0.05) is 44.2 Å². The minimum absolute atomic E-state index is 0.0865. The summed E-state index contributed by atoms with van der Waals surface area (Å²) in [7, 11) is 1.68. The molecule has 0 radical (unpaired) electrons. The van der Waals surface area contributed by atoms with Crippen molar-refractivity contribution < 1.29 is 9.47 Å². The molecule has 0 aliphatic carbocycles. The molecule has 0 fully saturated rings. The Morgan fingerprint density at radius 3 is 2.52 bits per heavy atom. The monoisotopic (exact) mass is 337 g/mol. The van der Waals surface area contributed by atoms with E-state index in [2.05, 4.69) is 62.5 Å². The van der Waals surface area contributed by atoms with Crippen LogP contribution < -0.4 is 14.8 Å². The van der Waals surface area contributed by atoms with E-state index >= 15 is 0 Å². The minimum Gasteiger partial charge on any atom is -0.497 e. The summed E-state index contributed by atoms with van der Waals surface area (Å²) in [5, 5.41) is 3.64. The molecule has 0 spiro atoms. The molecule has 0 amide bonds. The molecule has 0 saturated carbocycles. The van der Waals surface area contributed by atoms with Gasteiger partial charge in [0.15, 0.2) is 0 Å². The molecule has 132 valence electrons. The molecule has 2 aromatic carbocycles. The predicted octanol–water partition coefficient (Wildman–Crippen LogP) is 4.85. The van der Waals surface area contributed by atoms with Crippen LogP contribution in [0.15, 0.2) is 54.6 Å². The largest absolute Gasteiger partial charge is 0.497 e. The first-order valence-corrected chi connectivity index (χ1v) is 8.92. The summed E-state index contributed by atoms with van der Waals surface area (Å²) in [6.45, 7) is 7.38. The van der Waals surface area contributed by atoms with E-state index < -0.39 is 0 Å². The van der Waals surface area contributed by atoms with E-state index in [1.54, 1.807) is 7.11 Å². The van der Waals surface area contributed by atoms with E-state index in [0.717, 1.165) is 23.6 Å². The zero-order valence-electron chi connectivity index (χ0n) is 15.5. The van der Waals surface area contributed by atoms with Crippen molar-refractivity contribution in [1.29, 1.82) is 0 Å². The molecule has 2 aromatic rings. The van der Waals surface area contributed by atoms with Gasteiger partial charge in [-0.25, -0.2) is 0 Å². The molecule has 1 aliphatic rings. The van der Waals surface area contributed by atoms with Crippen LogP contribution in [0.25, 0.3) is 5.57 Å². The Hall–Kier alpha value is -2.26. The van der Waals surface area contributed by atoms with E-state index in [4.69, 9.17) is 9.47 Å². The SMILES string of the molecule is COc1ccc2c(c1)OC(C(C)C)C=C2CNC(C)c1ccccc1. The van der Waals surface area contributed by atoms with Crippen LogP contribution in [0.5, 0.6) is 11.5 Å². The Labute approximate surface area is 150 Å². The van der Waals surface area contributed by atoms with Gasteiger partial charge in [0.05, 0.1) is 7.11 Å². The minimum atomic E-state index is 0.0865. The molecule has 2 unspecified atom stereocenters. The third-order valence-corrected chi connectivity index (χ3v) is 4.72.